The summed E-state index contributed by atoms with van der Waals surface area (Å²) >= 11 is 5.46. The van der Waals surface area contributed by atoms with Gasteiger partial charge in [0.15, 0.2) is 0 Å². The van der Waals surface area contributed by atoms with Gasteiger partial charge in [-0.3, -0.25) is 0 Å². The van der Waals surface area contributed by atoms with Crippen molar-refractivity contribution in [1.29, 1.82) is 0 Å². The number of hydrogen-bond acceptors (Lipinski definition) is 3. The van der Waals surface area contributed by atoms with Crippen molar-refractivity contribution in [1.82, 2.24) is 0 Å². The molecule has 1 rings (SSSR count). The maximum atomic E-state index is 10.3. The average molecular weight is 277 g/mol. The summed E-state index contributed by atoms with van der Waals surface area (Å²) in [4.78, 5) is -0.262. The van der Waals surface area contributed by atoms with Crippen molar-refractivity contribution in [2.24, 2.45) is 0 Å². The second-order valence-corrected chi connectivity index (χ2v) is 3.72. The smallest absolute Gasteiger partial charge is 0.744 e. The van der Waals surface area contributed by atoms with Gasteiger partial charge in [-0.25, -0.2) is 8.42 Å². The molecule has 0 fully saturated rings. The summed E-state index contributed by atoms with van der Waals surface area (Å²) in [6, 6.07) is 5.05. The van der Waals surface area contributed by atoms with Gasteiger partial charge in [0.2, 0.25) is 0 Å². The van der Waals surface area contributed by atoms with E-state index in [0.29, 0.717) is 5.02 Å². The van der Waals surface area contributed by atoms with E-state index in [1.54, 1.807) is 0 Å². The third-order valence-electron chi connectivity index (χ3n) is 1.10. The van der Waals surface area contributed by atoms with E-state index in [9.17, 15) is 13.0 Å². The first-order valence-corrected chi connectivity index (χ1v) is 4.50. The fourth-order valence-corrected chi connectivity index (χ4v) is 1.20. The van der Waals surface area contributed by atoms with Crippen LogP contribution < -0.4 is 58.2 Å². The zero-order valence-corrected chi connectivity index (χ0v) is 12.8. The summed E-state index contributed by atoms with van der Waals surface area (Å²) < 4.78 is 31.0. The molecule has 1 aromatic carbocycles. The summed E-state index contributed by atoms with van der Waals surface area (Å²) in [5.41, 5.74) is 0. The molecule has 0 unspecified atom stereocenters. The molecule has 0 saturated heterocycles. The van der Waals surface area contributed by atoms with Crippen molar-refractivity contribution < 1.29 is 71.2 Å². The Kier molecular flexibility index (Phi) is 5.72. The molecule has 0 saturated carbocycles. The Morgan fingerprint density at radius 2 is 1.58 bits per heavy atom. The van der Waals surface area contributed by atoms with E-state index < -0.39 is 10.1 Å². The molecule has 12 heavy (non-hydrogen) atoms. The third-order valence-corrected chi connectivity index (χ3v) is 2.20. The van der Waals surface area contributed by atoms with Gasteiger partial charge in [-0.2, -0.15) is 0 Å². The van der Waals surface area contributed by atoms with E-state index in [0.717, 1.165) is 0 Å². The van der Waals surface area contributed by atoms with Crippen LogP contribution in [0.15, 0.2) is 29.2 Å². The molecule has 0 spiro atoms. The van der Waals surface area contributed by atoms with Crippen LogP contribution in [0.25, 0.3) is 0 Å². The van der Waals surface area contributed by atoms with Crippen molar-refractivity contribution in [3.05, 3.63) is 29.3 Å². The normalized spacial score (nSPS) is 10.5. The molecule has 0 N–H and O–H groups in total. The first kappa shape index (κ1) is 13.2. The Hall–Kier alpha value is 1.23. The molecule has 0 aromatic heterocycles. The molecule has 3 nitrogen and oxygen atoms in total. The Balaban J connectivity index is 0.00000121. The maximum absolute atomic E-state index is 10.3. The van der Waals surface area contributed by atoms with Crippen LogP contribution in [-0.2, 0) is 10.1 Å². The van der Waals surface area contributed by atoms with Gasteiger partial charge in [-0.15, -0.1) is 0 Å². The molecule has 0 aliphatic rings. The fraction of sp³-hybridized carbons (Fsp3) is 0. The summed E-state index contributed by atoms with van der Waals surface area (Å²) in [7, 11) is -4.33. The van der Waals surface area contributed by atoms with Gasteiger partial charge in [0.05, 0.1) is 4.90 Å². The third kappa shape index (κ3) is 3.96. The summed E-state index contributed by atoms with van der Waals surface area (Å²) in [5.74, 6) is 0. The largest absolute Gasteiger partial charge is 1.00 e. The van der Waals surface area contributed by atoms with E-state index >= 15 is 0 Å². The molecular weight excluding hydrogens is 273 g/mol. The summed E-state index contributed by atoms with van der Waals surface area (Å²) in [5, 5.41) is 0.400. The SMILES string of the molecule is O=S(=O)([O-])c1ccc(Cl)cc1.[Rb+]. The van der Waals surface area contributed by atoms with Crippen molar-refractivity contribution in [2.45, 2.75) is 4.90 Å². The van der Waals surface area contributed by atoms with E-state index in [-0.39, 0.29) is 63.1 Å². The van der Waals surface area contributed by atoms with E-state index in [1.807, 2.05) is 0 Å². The minimum Gasteiger partial charge on any atom is -0.744 e. The van der Waals surface area contributed by atoms with E-state index in [2.05, 4.69) is 0 Å². The summed E-state index contributed by atoms with van der Waals surface area (Å²) in [6.07, 6.45) is 0. The van der Waals surface area contributed by atoms with Crippen molar-refractivity contribution in [2.75, 3.05) is 0 Å². The van der Waals surface area contributed by atoms with Gasteiger partial charge in [-0.05, 0) is 24.3 Å². The standard InChI is InChI=1S/C6H5ClO3S.Rb/c7-5-1-3-6(4-2-5)11(8,9)10;/h1-4H,(H,8,9,10);/q;+1/p-1. The molecule has 0 aliphatic heterocycles. The van der Waals surface area contributed by atoms with Gasteiger partial charge < -0.3 is 4.55 Å². The van der Waals surface area contributed by atoms with Crippen LogP contribution in [0.2, 0.25) is 5.02 Å². The second-order valence-electron chi connectivity index (χ2n) is 1.91. The molecule has 0 radical (unpaired) electrons. The van der Waals surface area contributed by atoms with Crippen LogP contribution in [0.4, 0.5) is 0 Å². The quantitative estimate of drug-likeness (QED) is 0.572. The van der Waals surface area contributed by atoms with Gasteiger partial charge in [-0.1, -0.05) is 11.6 Å². The Morgan fingerprint density at radius 3 is 1.92 bits per heavy atom. The Labute approximate surface area is 125 Å². The molecule has 0 amide bonds. The molecular formula is C6H4ClO3RbS. The molecule has 0 aliphatic carbocycles. The predicted octanol–water partition coefficient (Wildman–Crippen LogP) is -1.75. The van der Waals surface area contributed by atoms with Crippen molar-refractivity contribution in [3.8, 4) is 0 Å². The number of rotatable bonds is 1. The Morgan fingerprint density at radius 1 is 1.17 bits per heavy atom. The minimum absolute atomic E-state index is 0. The predicted molar refractivity (Wildman–Crippen MR) is 39.4 cm³/mol. The van der Waals surface area contributed by atoms with Crippen LogP contribution in [0.5, 0.6) is 0 Å². The molecule has 0 bridgehead atoms. The summed E-state index contributed by atoms with van der Waals surface area (Å²) in [6.45, 7) is 0. The Bertz CT molecular complexity index is 346. The minimum atomic E-state index is -4.33. The topological polar surface area (TPSA) is 57.2 Å². The second kappa shape index (κ2) is 5.19. The van der Waals surface area contributed by atoms with Gasteiger partial charge in [0.1, 0.15) is 10.1 Å². The van der Waals surface area contributed by atoms with Crippen LogP contribution in [0.3, 0.4) is 0 Å². The van der Waals surface area contributed by atoms with E-state index in [4.69, 9.17) is 11.6 Å². The van der Waals surface area contributed by atoms with Crippen molar-refractivity contribution >= 4 is 21.7 Å². The zero-order valence-electron chi connectivity index (χ0n) is 6.32. The van der Waals surface area contributed by atoms with Crippen LogP contribution >= 0.6 is 11.6 Å². The maximum Gasteiger partial charge on any atom is 1.00 e. The van der Waals surface area contributed by atoms with Crippen molar-refractivity contribution in [3.63, 3.8) is 0 Å². The first-order chi connectivity index (χ1) is 5.00. The van der Waals surface area contributed by atoms with Crippen LogP contribution in [-0.4, -0.2) is 13.0 Å². The first-order valence-electron chi connectivity index (χ1n) is 2.71. The molecule has 0 atom stereocenters. The zero-order chi connectivity index (χ0) is 8.48. The number of halogens is 1. The molecule has 6 heteroatoms. The monoisotopic (exact) mass is 276 g/mol. The van der Waals surface area contributed by atoms with Crippen LogP contribution in [0.1, 0.15) is 0 Å². The fourth-order valence-electron chi connectivity index (χ4n) is 0.601. The average Bonchev–Trinajstić information content (AvgIpc) is 1.86. The molecule has 1 aromatic rings. The number of hydrogen-bond donors (Lipinski definition) is 0. The van der Waals surface area contributed by atoms with E-state index in [1.165, 1.54) is 24.3 Å². The molecule has 60 valence electrons. The van der Waals surface area contributed by atoms with Gasteiger partial charge >= 0.3 is 58.2 Å². The molecule has 0 heterocycles. The van der Waals surface area contributed by atoms with Gasteiger partial charge in [0.25, 0.3) is 0 Å². The van der Waals surface area contributed by atoms with Gasteiger partial charge in [0, 0.05) is 5.02 Å². The number of benzene rings is 1. The van der Waals surface area contributed by atoms with Crippen LogP contribution in [0, 0.1) is 0 Å².